The number of esters is 1. The van der Waals surface area contributed by atoms with Gasteiger partial charge in [0.1, 0.15) is 23.7 Å². The summed E-state index contributed by atoms with van der Waals surface area (Å²) in [6, 6.07) is 8.24. The molecule has 1 aromatic heterocycles. The lowest BCUT2D eigenvalue weighted by Crippen LogP contribution is -2.69. The molecule has 1 aliphatic rings. The van der Waals surface area contributed by atoms with E-state index in [0.29, 0.717) is 0 Å². The van der Waals surface area contributed by atoms with Gasteiger partial charge in [-0.1, -0.05) is 87.5 Å². The third-order valence-electron chi connectivity index (χ3n) is 4.32. The SMILES string of the molecule is CC(Cl)=C(C(=O)OCC(Cl)(Cl)Cl)N1C(=O)C(NC(=O)Cc2ccccc2)C1SSc1nccs1. The normalized spacial score (nSPS) is 18.7. The Bertz CT molecular complexity index is 1060. The van der Waals surface area contributed by atoms with Crippen LogP contribution in [0.15, 0.2) is 57.0 Å². The summed E-state index contributed by atoms with van der Waals surface area (Å²) in [7, 11) is 2.56. The number of nitrogens with zero attached hydrogens (tertiary/aromatic N) is 2. The summed E-state index contributed by atoms with van der Waals surface area (Å²) in [6.45, 7) is 0.910. The van der Waals surface area contributed by atoms with Gasteiger partial charge in [0.15, 0.2) is 4.34 Å². The molecular formula is C20H17Cl4N3O4S3. The van der Waals surface area contributed by atoms with E-state index in [0.717, 1.165) is 9.90 Å². The van der Waals surface area contributed by atoms with Crippen LogP contribution in [-0.2, 0) is 25.5 Å². The highest BCUT2D eigenvalue weighted by Crippen LogP contribution is 2.44. The van der Waals surface area contributed by atoms with Crippen LogP contribution in [0.5, 0.6) is 0 Å². The minimum absolute atomic E-state index is 0.0154. The van der Waals surface area contributed by atoms with E-state index in [1.54, 1.807) is 6.20 Å². The fraction of sp³-hybridized carbons (Fsp3) is 0.300. The van der Waals surface area contributed by atoms with E-state index in [4.69, 9.17) is 51.1 Å². The lowest BCUT2D eigenvalue weighted by molar-refractivity contribution is -0.152. The quantitative estimate of drug-likeness (QED) is 0.140. The lowest BCUT2D eigenvalue weighted by Gasteiger charge is -2.46. The highest BCUT2D eigenvalue weighted by molar-refractivity contribution is 8.77. The number of amides is 2. The molecule has 182 valence electrons. The van der Waals surface area contributed by atoms with Crippen molar-refractivity contribution in [3.8, 4) is 0 Å². The van der Waals surface area contributed by atoms with Crippen molar-refractivity contribution in [1.82, 2.24) is 15.2 Å². The number of benzene rings is 1. The number of halogens is 4. The minimum Gasteiger partial charge on any atom is -0.456 e. The minimum atomic E-state index is -1.83. The van der Waals surface area contributed by atoms with Crippen LogP contribution in [0.2, 0.25) is 0 Å². The summed E-state index contributed by atoms with van der Waals surface area (Å²) >= 11 is 24.6. The van der Waals surface area contributed by atoms with Crippen molar-refractivity contribution < 1.29 is 19.1 Å². The van der Waals surface area contributed by atoms with Gasteiger partial charge in [-0.25, -0.2) is 9.78 Å². The average Bonchev–Trinajstić information content (AvgIpc) is 3.29. The Morgan fingerprint density at radius 3 is 2.56 bits per heavy atom. The van der Waals surface area contributed by atoms with Gasteiger partial charge in [-0.3, -0.25) is 14.5 Å². The summed E-state index contributed by atoms with van der Waals surface area (Å²) in [4.78, 5) is 43.8. The number of hydrogen-bond donors (Lipinski definition) is 1. The molecule has 1 aliphatic heterocycles. The Morgan fingerprint density at radius 2 is 1.97 bits per heavy atom. The van der Waals surface area contributed by atoms with Crippen LogP contribution in [0.4, 0.5) is 0 Å². The van der Waals surface area contributed by atoms with Gasteiger partial charge in [0.2, 0.25) is 9.70 Å². The number of likely N-dealkylation sites (tertiary alicyclic amines) is 1. The molecule has 14 heteroatoms. The first kappa shape index (κ1) is 27.4. The fourth-order valence-electron chi connectivity index (χ4n) is 2.90. The highest BCUT2D eigenvalue weighted by Gasteiger charge is 2.52. The molecule has 1 N–H and O–H groups in total. The first-order chi connectivity index (χ1) is 16.1. The third-order valence-corrected chi connectivity index (χ3v) is 8.63. The molecule has 1 aromatic carbocycles. The van der Waals surface area contributed by atoms with Crippen molar-refractivity contribution in [1.29, 1.82) is 0 Å². The van der Waals surface area contributed by atoms with Gasteiger partial charge in [0.05, 0.1) is 6.42 Å². The Balaban J connectivity index is 1.77. The van der Waals surface area contributed by atoms with Gasteiger partial charge >= 0.3 is 5.97 Å². The van der Waals surface area contributed by atoms with E-state index in [2.05, 4.69) is 10.3 Å². The average molecular weight is 601 g/mol. The van der Waals surface area contributed by atoms with Crippen LogP contribution in [0.25, 0.3) is 0 Å². The van der Waals surface area contributed by atoms with Crippen molar-refractivity contribution in [2.45, 2.75) is 32.9 Å². The summed E-state index contributed by atoms with van der Waals surface area (Å²) in [6.07, 6.45) is 1.75. The van der Waals surface area contributed by atoms with Gasteiger partial charge in [0.25, 0.3) is 5.91 Å². The summed E-state index contributed by atoms with van der Waals surface area (Å²) < 4.78 is 3.96. The van der Waals surface area contributed by atoms with Crippen LogP contribution in [0.3, 0.4) is 0 Å². The second-order valence-electron chi connectivity index (χ2n) is 6.86. The lowest BCUT2D eigenvalue weighted by atomic mass is 10.0. The molecule has 0 spiro atoms. The first-order valence-corrected chi connectivity index (χ1v) is 14.2. The molecule has 0 radical (unpaired) electrons. The van der Waals surface area contributed by atoms with Crippen LogP contribution in [0, 0.1) is 0 Å². The number of ether oxygens (including phenoxy) is 1. The number of nitrogens with one attached hydrogen (secondary N) is 1. The molecule has 0 aliphatic carbocycles. The van der Waals surface area contributed by atoms with Crippen molar-refractivity contribution >= 4 is 97.1 Å². The maximum atomic E-state index is 13.1. The Labute approximate surface area is 227 Å². The monoisotopic (exact) mass is 599 g/mol. The van der Waals surface area contributed by atoms with Crippen molar-refractivity contribution in [3.63, 3.8) is 0 Å². The predicted molar refractivity (Wildman–Crippen MR) is 138 cm³/mol. The second-order valence-corrected chi connectivity index (χ2v) is 13.4. The number of thiazole rings is 1. The van der Waals surface area contributed by atoms with Gasteiger partial charge < -0.3 is 10.1 Å². The predicted octanol–water partition coefficient (Wildman–Crippen LogP) is 5.16. The topological polar surface area (TPSA) is 88.6 Å². The molecule has 0 bridgehead atoms. The molecule has 2 unspecified atom stereocenters. The third kappa shape index (κ3) is 7.43. The summed E-state index contributed by atoms with van der Waals surface area (Å²) in [5.41, 5.74) is 0.615. The molecule has 34 heavy (non-hydrogen) atoms. The van der Waals surface area contributed by atoms with Gasteiger partial charge in [-0.05, 0) is 23.3 Å². The van der Waals surface area contributed by atoms with Crippen LogP contribution in [0.1, 0.15) is 12.5 Å². The molecule has 2 amide bonds. The number of carbonyl (C=O) groups excluding carboxylic acids is 3. The largest absolute Gasteiger partial charge is 0.456 e. The number of aromatic nitrogens is 1. The molecule has 2 heterocycles. The number of alkyl halides is 3. The van der Waals surface area contributed by atoms with Crippen LogP contribution in [-0.4, -0.2) is 49.5 Å². The van der Waals surface area contributed by atoms with Crippen LogP contribution >= 0.6 is 79.3 Å². The van der Waals surface area contributed by atoms with Crippen molar-refractivity contribution in [2.75, 3.05) is 6.61 Å². The molecule has 1 fully saturated rings. The molecule has 0 saturated carbocycles. The van der Waals surface area contributed by atoms with E-state index in [9.17, 15) is 14.4 Å². The molecule has 2 atom stereocenters. The summed E-state index contributed by atoms with van der Waals surface area (Å²) in [5, 5.41) is 3.92. The molecule has 7 nitrogen and oxygen atoms in total. The van der Waals surface area contributed by atoms with Gasteiger partial charge in [-0.2, -0.15) is 0 Å². The van der Waals surface area contributed by atoms with Crippen molar-refractivity contribution in [2.24, 2.45) is 0 Å². The number of hydrogen-bond acceptors (Lipinski definition) is 8. The van der Waals surface area contributed by atoms with E-state index in [1.807, 2.05) is 35.7 Å². The maximum absolute atomic E-state index is 13.1. The second kappa shape index (κ2) is 12.2. The zero-order chi connectivity index (χ0) is 24.9. The molecule has 1 saturated heterocycles. The molecule has 2 aromatic rings. The van der Waals surface area contributed by atoms with Crippen LogP contribution < -0.4 is 5.32 Å². The maximum Gasteiger partial charge on any atom is 0.356 e. The van der Waals surface area contributed by atoms with Crippen molar-refractivity contribution in [3.05, 3.63) is 58.2 Å². The standard InChI is InChI=1S/C20H17Cl4N3O4S3/c1-11(21)15(18(30)31-10-20(22,23)24)27-16(29)14(17(27)33-34-19-25-7-8-32-19)26-13(28)9-12-5-3-2-4-6-12/h2-8,14,17H,9-10H2,1H3,(H,26,28). The van der Waals surface area contributed by atoms with Gasteiger partial charge in [0, 0.05) is 16.6 Å². The fourth-order valence-corrected chi connectivity index (χ4v) is 6.76. The van der Waals surface area contributed by atoms with Gasteiger partial charge in [-0.15, -0.1) is 11.3 Å². The highest BCUT2D eigenvalue weighted by atomic mass is 35.6. The Hall–Kier alpha value is -1.14. The molecule has 3 rings (SSSR count). The zero-order valence-corrected chi connectivity index (χ0v) is 22.8. The molecular weight excluding hydrogens is 584 g/mol. The zero-order valence-electron chi connectivity index (χ0n) is 17.4. The van der Waals surface area contributed by atoms with E-state index in [-0.39, 0.29) is 23.1 Å². The Morgan fingerprint density at radius 1 is 1.26 bits per heavy atom. The number of allylic oxidation sites excluding steroid dienone is 1. The number of carbonyl (C=O) groups is 3. The summed E-state index contributed by atoms with van der Waals surface area (Å²) in [5.74, 6) is -1.77. The first-order valence-electron chi connectivity index (χ1n) is 9.56. The number of rotatable bonds is 9. The van der Waals surface area contributed by atoms with E-state index in [1.165, 1.54) is 44.7 Å². The smallest absolute Gasteiger partial charge is 0.356 e. The Kier molecular flexibility index (Phi) is 9.85. The van der Waals surface area contributed by atoms with E-state index >= 15 is 0 Å². The number of β-lactam (4-membered cyclic amide) rings is 1. The van der Waals surface area contributed by atoms with E-state index < -0.39 is 33.7 Å².